The standard InChI is InChI=1S/C18H24N4O2S2.ClH/c19-13-6-11-2-1-3-12(7-13)17(11)21-15(23)10-25-9-14-8-16(24)22-4-5-26-18(22)20-14;/h4-5,8,11-13,17H,1-3,6-7,9-10,19H2,(H,21,23);1H. The molecule has 148 valence electrons. The van der Waals surface area contributed by atoms with Gasteiger partial charge in [-0.25, -0.2) is 4.98 Å². The van der Waals surface area contributed by atoms with Crippen LogP contribution in [0, 0.1) is 11.8 Å². The minimum atomic E-state index is -0.0670. The van der Waals surface area contributed by atoms with Crippen molar-refractivity contribution in [3.8, 4) is 0 Å². The van der Waals surface area contributed by atoms with Crippen molar-refractivity contribution in [3.05, 3.63) is 33.7 Å². The van der Waals surface area contributed by atoms with E-state index in [2.05, 4.69) is 10.3 Å². The zero-order valence-corrected chi connectivity index (χ0v) is 17.5. The molecule has 4 rings (SSSR count). The summed E-state index contributed by atoms with van der Waals surface area (Å²) in [6, 6.07) is 2.14. The average Bonchev–Trinajstić information content (AvgIpc) is 3.05. The van der Waals surface area contributed by atoms with Gasteiger partial charge >= 0.3 is 0 Å². The molecule has 0 aromatic carbocycles. The van der Waals surface area contributed by atoms with Crippen LogP contribution < -0.4 is 16.6 Å². The molecular weight excluding hydrogens is 404 g/mol. The van der Waals surface area contributed by atoms with E-state index in [1.54, 1.807) is 12.3 Å². The Bertz CT molecular complexity index is 841. The molecule has 27 heavy (non-hydrogen) atoms. The highest BCUT2D eigenvalue weighted by Gasteiger charge is 2.39. The Morgan fingerprint density at radius 1 is 1.37 bits per heavy atom. The van der Waals surface area contributed by atoms with Crippen LogP contribution in [0.3, 0.4) is 0 Å². The number of carbonyl (C=O) groups excluding carboxylic acids is 1. The van der Waals surface area contributed by atoms with E-state index >= 15 is 0 Å². The summed E-state index contributed by atoms with van der Waals surface area (Å²) in [7, 11) is 0. The summed E-state index contributed by atoms with van der Waals surface area (Å²) in [6.45, 7) is 0. The number of carbonyl (C=O) groups is 1. The first-order chi connectivity index (χ1) is 12.6. The Morgan fingerprint density at radius 2 is 2.11 bits per heavy atom. The number of thiazole rings is 1. The van der Waals surface area contributed by atoms with Gasteiger partial charge in [0.1, 0.15) is 0 Å². The van der Waals surface area contributed by atoms with Crippen molar-refractivity contribution in [2.75, 3.05) is 5.75 Å². The molecule has 2 aromatic rings. The number of amides is 1. The molecule has 0 radical (unpaired) electrons. The summed E-state index contributed by atoms with van der Waals surface area (Å²) in [5, 5.41) is 5.11. The summed E-state index contributed by atoms with van der Waals surface area (Å²) >= 11 is 2.95. The van der Waals surface area contributed by atoms with E-state index in [0.717, 1.165) is 18.5 Å². The van der Waals surface area contributed by atoms with Crippen molar-refractivity contribution in [3.63, 3.8) is 0 Å². The van der Waals surface area contributed by atoms with Crippen LogP contribution in [0.4, 0.5) is 0 Å². The smallest absolute Gasteiger partial charge is 0.258 e. The molecule has 1 amide bonds. The number of nitrogens with two attached hydrogens (primary N) is 1. The van der Waals surface area contributed by atoms with E-state index in [-0.39, 0.29) is 23.9 Å². The first-order valence-corrected chi connectivity index (χ1v) is 11.2. The van der Waals surface area contributed by atoms with Crippen molar-refractivity contribution in [2.24, 2.45) is 17.6 Å². The molecule has 2 bridgehead atoms. The fraction of sp³-hybridized carbons (Fsp3) is 0.611. The third-order valence-corrected chi connectivity index (χ3v) is 7.27. The molecule has 0 aliphatic heterocycles. The lowest BCUT2D eigenvalue weighted by Gasteiger charge is -2.45. The van der Waals surface area contributed by atoms with Crippen LogP contribution in [0.25, 0.3) is 4.96 Å². The number of fused-ring (bicyclic) bond motifs is 3. The minimum absolute atomic E-state index is 0. The van der Waals surface area contributed by atoms with Crippen molar-refractivity contribution in [1.82, 2.24) is 14.7 Å². The second-order valence-corrected chi connectivity index (χ2v) is 9.27. The highest BCUT2D eigenvalue weighted by molar-refractivity contribution is 7.99. The van der Waals surface area contributed by atoms with E-state index in [0.29, 0.717) is 40.4 Å². The zero-order chi connectivity index (χ0) is 18.1. The topological polar surface area (TPSA) is 89.5 Å². The van der Waals surface area contributed by atoms with E-state index < -0.39 is 0 Å². The summed E-state index contributed by atoms with van der Waals surface area (Å²) in [5.74, 6) is 2.12. The fourth-order valence-corrected chi connectivity index (χ4v) is 5.93. The first kappa shape index (κ1) is 20.6. The van der Waals surface area contributed by atoms with Gasteiger partial charge in [-0.1, -0.05) is 6.42 Å². The van der Waals surface area contributed by atoms with E-state index in [1.807, 2.05) is 5.38 Å². The molecule has 2 unspecified atom stereocenters. The Morgan fingerprint density at radius 3 is 2.85 bits per heavy atom. The molecule has 2 aliphatic rings. The largest absolute Gasteiger partial charge is 0.352 e. The number of hydrogen-bond donors (Lipinski definition) is 2. The van der Waals surface area contributed by atoms with Gasteiger partial charge in [0.05, 0.1) is 11.4 Å². The van der Waals surface area contributed by atoms with Crippen LogP contribution in [0.5, 0.6) is 0 Å². The fourth-order valence-electron chi connectivity index (χ4n) is 4.46. The molecule has 2 atom stereocenters. The van der Waals surface area contributed by atoms with Gasteiger partial charge in [-0.15, -0.1) is 35.5 Å². The van der Waals surface area contributed by atoms with Crippen molar-refractivity contribution in [1.29, 1.82) is 0 Å². The Kier molecular flexibility index (Phi) is 6.83. The van der Waals surface area contributed by atoms with Crippen LogP contribution in [0.15, 0.2) is 22.4 Å². The number of nitrogens with zero attached hydrogens (tertiary/aromatic N) is 2. The normalized spacial score (nSPS) is 27.1. The second-order valence-electron chi connectivity index (χ2n) is 7.41. The maximum atomic E-state index is 12.4. The van der Waals surface area contributed by atoms with Gasteiger partial charge in [-0.05, 0) is 37.5 Å². The third kappa shape index (κ3) is 4.67. The molecule has 2 aromatic heterocycles. The lowest BCUT2D eigenvalue weighted by Crippen LogP contribution is -2.54. The van der Waals surface area contributed by atoms with Gasteiger partial charge in [0, 0.05) is 35.5 Å². The number of thioether (sulfide) groups is 1. The third-order valence-electron chi connectivity index (χ3n) is 5.54. The maximum absolute atomic E-state index is 12.4. The molecule has 2 fully saturated rings. The average molecular weight is 429 g/mol. The maximum Gasteiger partial charge on any atom is 0.258 e. The monoisotopic (exact) mass is 428 g/mol. The number of rotatable bonds is 5. The van der Waals surface area contributed by atoms with Crippen molar-refractivity contribution >= 4 is 46.4 Å². The summed E-state index contributed by atoms with van der Waals surface area (Å²) < 4.78 is 1.54. The Hall–Kier alpha value is -1.09. The van der Waals surface area contributed by atoms with Crippen molar-refractivity contribution < 1.29 is 4.79 Å². The number of nitrogens with one attached hydrogen (secondary N) is 1. The van der Waals surface area contributed by atoms with E-state index in [9.17, 15) is 9.59 Å². The van der Waals surface area contributed by atoms with Crippen LogP contribution in [0.2, 0.25) is 0 Å². The number of aromatic nitrogens is 2. The van der Waals surface area contributed by atoms with Gasteiger partial charge in [-0.2, -0.15) is 0 Å². The zero-order valence-electron chi connectivity index (χ0n) is 15.0. The highest BCUT2D eigenvalue weighted by Crippen LogP contribution is 2.39. The molecule has 9 heteroatoms. The van der Waals surface area contributed by atoms with Crippen LogP contribution >= 0.6 is 35.5 Å². The molecule has 2 heterocycles. The van der Waals surface area contributed by atoms with Gasteiger partial charge in [0.25, 0.3) is 5.56 Å². The van der Waals surface area contributed by atoms with E-state index in [1.165, 1.54) is 46.8 Å². The first-order valence-electron chi connectivity index (χ1n) is 9.18. The van der Waals surface area contributed by atoms with Crippen molar-refractivity contribution in [2.45, 2.75) is 49.9 Å². The van der Waals surface area contributed by atoms with Crippen LogP contribution in [0.1, 0.15) is 37.8 Å². The number of hydrogen-bond acceptors (Lipinski definition) is 6. The molecule has 3 N–H and O–H groups in total. The lowest BCUT2D eigenvalue weighted by atomic mass is 9.67. The quantitative estimate of drug-likeness (QED) is 0.763. The minimum Gasteiger partial charge on any atom is -0.352 e. The molecule has 6 nitrogen and oxygen atoms in total. The molecule has 2 saturated carbocycles. The number of halogens is 1. The summed E-state index contributed by atoms with van der Waals surface area (Å²) in [4.78, 5) is 29.6. The molecular formula is C18H25ClN4O2S2. The van der Waals surface area contributed by atoms with Gasteiger partial charge in [0.2, 0.25) is 5.91 Å². The van der Waals surface area contributed by atoms with Gasteiger partial charge in [-0.3, -0.25) is 14.0 Å². The summed E-state index contributed by atoms with van der Waals surface area (Å²) in [5.41, 5.74) is 6.82. The molecule has 0 saturated heterocycles. The molecule has 0 spiro atoms. The van der Waals surface area contributed by atoms with Crippen LogP contribution in [-0.2, 0) is 10.5 Å². The SMILES string of the molecule is Cl.NC1CC2CCCC(C1)C2NC(=O)CSCc1cc(=O)n2ccsc2n1. The Labute approximate surface area is 172 Å². The lowest BCUT2D eigenvalue weighted by molar-refractivity contribution is -0.120. The highest BCUT2D eigenvalue weighted by atomic mass is 35.5. The summed E-state index contributed by atoms with van der Waals surface area (Å²) in [6.07, 6.45) is 7.41. The van der Waals surface area contributed by atoms with E-state index in [4.69, 9.17) is 5.73 Å². The predicted octanol–water partition coefficient (Wildman–Crippen LogP) is 2.43. The molecule has 2 aliphatic carbocycles. The second kappa shape index (κ2) is 8.94. The van der Waals surface area contributed by atoms with Crippen LogP contribution in [-0.4, -0.2) is 33.1 Å². The van der Waals surface area contributed by atoms with Gasteiger partial charge < -0.3 is 11.1 Å². The van der Waals surface area contributed by atoms with Gasteiger partial charge in [0.15, 0.2) is 4.96 Å². The Balaban J connectivity index is 0.00000210. The predicted molar refractivity (Wildman–Crippen MR) is 113 cm³/mol.